The zero-order chi connectivity index (χ0) is 24.7. The molecule has 0 bridgehead atoms. The van der Waals surface area contributed by atoms with Gasteiger partial charge in [0.2, 0.25) is 5.88 Å². The van der Waals surface area contributed by atoms with Crippen LogP contribution in [0.15, 0.2) is 47.4 Å². The van der Waals surface area contributed by atoms with E-state index in [-0.39, 0.29) is 39.2 Å². The van der Waals surface area contributed by atoms with Crippen LogP contribution >= 0.6 is 11.6 Å². The molecule has 1 fully saturated rings. The Labute approximate surface area is 206 Å². The minimum Gasteiger partial charge on any atom is -0.481 e. The van der Waals surface area contributed by atoms with Crippen molar-refractivity contribution in [3.8, 4) is 17.1 Å². The fraction of sp³-hybridized carbons (Fsp3) is 0.308. The number of hydrogen-bond donors (Lipinski definition) is 0. The molecule has 3 aromatic heterocycles. The molecule has 0 amide bonds. The lowest BCUT2D eigenvalue weighted by atomic mass is 9.88. The van der Waals surface area contributed by atoms with Crippen molar-refractivity contribution in [2.75, 3.05) is 13.7 Å². The summed E-state index contributed by atoms with van der Waals surface area (Å²) in [4.78, 5) is 26.9. The quantitative estimate of drug-likeness (QED) is 0.391. The number of fused-ring (bicyclic) bond motifs is 1. The number of halogens is 2. The van der Waals surface area contributed by atoms with Crippen molar-refractivity contribution in [2.24, 2.45) is 7.05 Å². The van der Waals surface area contributed by atoms with E-state index in [2.05, 4.69) is 9.97 Å². The summed E-state index contributed by atoms with van der Waals surface area (Å²) in [6.45, 7) is 2.30. The van der Waals surface area contributed by atoms with Gasteiger partial charge in [-0.3, -0.25) is 14.3 Å². The predicted octanol–water partition coefficient (Wildman–Crippen LogP) is 5.14. The summed E-state index contributed by atoms with van der Waals surface area (Å²) in [5.74, 6) is 0.571. The third kappa shape index (κ3) is 4.39. The molecule has 4 heterocycles. The molecule has 180 valence electrons. The fourth-order valence-electron chi connectivity index (χ4n) is 4.53. The van der Waals surface area contributed by atoms with Crippen LogP contribution in [0.3, 0.4) is 0 Å². The van der Waals surface area contributed by atoms with Crippen LogP contribution in [0.1, 0.15) is 41.9 Å². The molecule has 9 heteroatoms. The molecule has 0 spiro atoms. The summed E-state index contributed by atoms with van der Waals surface area (Å²) >= 11 is 5.98. The number of ether oxygens (including phenoxy) is 2. The molecule has 0 unspecified atom stereocenters. The molecule has 1 aliphatic heterocycles. The Hall–Kier alpha value is -3.36. The number of rotatable bonds is 4. The topological polar surface area (TPSA) is 79.1 Å². The lowest BCUT2D eigenvalue weighted by Crippen LogP contribution is -2.23. The first-order valence-electron chi connectivity index (χ1n) is 11.3. The number of methoxy groups -OCH3 is 1. The first kappa shape index (κ1) is 23.4. The van der Waals surface area contributed by atoms with Gasteiger partial charge in [0.15, 0.2) is 0 Å². The van der Waals surface area contributed by atoms with Crippen molar-refractivity contribution in [2.45, 2.75) is 31.8 Å². The minimum atomic E-state index is -0.542. The lowest BCUT2D eigenvalue weighted by Gasteiger charge is -2.30. The van der Waals surface area contributed by atoms with Gasteiger partial charge in [0, 0.05) is 48.1 Å². The lowest BCUT2D eigenvalue weighted by molar-refractivity contribution is 0.00451. The van der Waals surface area contributed by atoms with E-state index in [0.29, 0.717) is 30.2 Å². The van der Waals surface area contributed by atoms with Crippen LogP contribution in [0, 0.1) is 12.7 Å². The van der Waals surface area contributed by atoms with E-state index in [4.69, 9.17) is 26.1 Å². The Morgan fingerprint density at radius 1 is 1.20 bits per heavy atom. The van der Waals surface area contributed by atoms with E-state index in [9.17, 15) is 4.79 Å². The molecule has 0 radical (unpaired) electrons. The summed E-state index contributed by atoms with van der Waals surface area (Å²) in [7, 11) is 3.22. The third-order valence-corrected chi connectivity index (χ3v) is 6.77. The van der Waals surface area contributed by atoms with E-state index in [1.54, 1.807) is 39.4 Å². The average molecular weight is 495 g/mol. The average Bonchev–Trinajstić information content (AvgIpc) is 2.87. The Balaban J connectivity index is 1.64. The molecular formula is C26H24ClFN4O3. The first-order chi connectivity index (χ1) is 16.9. The number of benzene rings is 1. The maximum absolute atomic E-state index is 15.0. The first-order valence-corrected chi connectivity index (χ1v) is 11.7. The maximum Gasteiger partial charge on any atom is 0.263 e. The van der Waals surface area contributed by atoms with Crippen molar-refractivity contribution in [1.29, 1.82) is 0 Å². The van der Waals surface area contributed by atoms with Crippen molar-refractivity contribution in [3.63, 3.8) is 0 Å². The van der Waals surface area contributed by atoms with Gasteiger partial charge in [0.25, 0.3) is 5.56 Å². The number of hydrogen-bond acceptors (Lipinski definition) is 6. The fourth-order valence-corrected chi connectivity index (χ4v) is 4.69. The van der Waals surface area contributed by atoms with E-state index in [1.165, 1.54) is 10.6 Å². The van der Waals surface area contributed by atoms with Gasteiger partial charge in [0.05, 0.1) is 29.8 Å². The van der Waals surface area contributed by atoms with Gasteiger partial charge in [-0.25, -0.2) is 14.4 Å². The molecule has 1 aromatic carbocycles. The highest BCUT2D eigenvalue weighted by Crippen LogP contribution is 2.39. The van der Waals surface area contributed by atoms with Gasteiger partial charge >= 0.3 is 0 Å². The van der Waals surface area contributed by atoms with Crippen molar-refractivity contribution in [1.82, 2.24) is 19.5 Å². The SMILES string of the molecule is COc1cc([C@@H]2C[C@@H](c3cc4nc(C)n(C)c(=O)c4c(-c4ccc(Cl)cc4F)n3)CCO2)ccn1. The van der Waals surface area contributed by atoms with E-state index < -0.39 is 5.82 Å². The Kier molecular flexibility index (Phi) is 6.25. The largest absolute Gasteiger partial charge is 0.481 e. The van der Waals surface area contributed by atoms with Gasteiger partial charge < -0.3 is 9.47 Å². The van der Waals surface area contributed by atoms with Crippen molar-refractivity contribution >= 4 is 22.5 Å². The summed E-state index contributed by atoms with van der Waals surface area (Å²) in [6, 6.07) is 9.99. The smallest absolute Gasteiger partial charge is 0.263 e. The highest BCUT2D eigenvalue weighted by Gasteiger charge is 2.28. The molecule has 0 aliphatic carbocycles. The molecule has 7 nitrogen and oxygen atoms in total. The summed E-state index contributed by atoms with van der Waals surface area (Å²) in [6.07, 6.45) is 2.93. The van der Waals surface area contributed by atoms with Gasteiger partial charge in [0.1, 0.15) is 11.6 Å². The molecule has 4 aromatic rings. The third-order valence-electron chi connectivity index (χ3n) is 6.53. The number of pyridine rings is 2. The highest BCUT2D eigenvalue weighted by molar-refractivity contribution is 6.30. The molecule has 35 heavy (non-hydrogen) atoms. The normalized spacial score (nSPS) is 18.1. The van der Waals surface area contributed by atoms with Crippen LogP contribution in [0.4, 0.5) is 4.39 Å². The van der Waals surface area contributed by atoms with Gasteiger partial charge in [-0.2, -0.15) is 0 Å². The Bertz CT molecular complexity index is 1490. The second kappa shape index (κ2) is 9.36. The summed E-state index contributed by atoms with van der Waals surface area (Å²) in [5.41, 5.74) is 2.42. The van der Waals surface area contributed by atoms with E-state index >= 15 is 4.39 Å². The van der Waals surface area contributed by atoms with Gasteiger partial charge in [-0.05, 0) is 55.7 Å². The summed E-state index contributed by atoms with van der Waals surface area (Å²) < 4.78 is 27.8. The standard InChI is InChI=1S/C26H24ClFN4O3/c1-14-30-21-13-20(15-7-9-35-22(10-15)16-6-8-29-23(11-16)34-3)31-25(24(21)26(33)32(14)2)18-5-4-17(27)12-19(18)28/h4-6,8,11-13,15,22H,7,9-10H2,1-3H3/t15-,22-/m0/s1. The van der Waals surface area contributed by atoms with E-state index in [0.717, 1.165) is 17.7 Å². The van der Waals surface area contributed by atoms with E-state index in [1.807, 2.05) is 18.2 Å². The molecule has 1 aliphatic rings. The number of aryl methyl sites for hydroxylation is 1. The van der Waals surface area contributed by atoms with Gasteiger partial charge in [-0.15, -0.1) is 0 Å². The van der Waals surface area contributed by atoms with Crippen LogP contribution < -0.4 is 10.3 Å². The zero-order valence-corrected chi connectivity index (χ0v) is 20.3. The van der Waals surface area contributed by atoms with Crippen LogP contribution in [0.25, 0.3) is 22.2 Å². The number of aromatic nitrogens is 4. The van der Waals surface area contributed by atoms with Crippen molar-refractivity contribution < 1.29 is 13.9 Å². The maximum atomic E-state index is 15.0. The van der Waals surface area contributed by atoms with Gasteiger partial charge in [-0.1, -0.05) is 11.6 Å². The van der Waals surface area contributed by atoms with Crippen LogP contribution in [-0.2, 0) is 11.8 Å². The summed E-state index contributed by atoms with van der Waals surface area (Å²) in [5, 5.41) is 0.555. The number of nitrogens with zero attached hydrogens (tertiary/aromatic N) is 4. The second-order valence-electron chi connectivity index (χ2n) is 8.65. The zero-order valence-electron chi connectivity index (χ0n) is 19.6. The van der Waals surface area contributed by atoms with Crippen LogP contribution in [0.5, 0.6) is 5.88 Å². The Morgan fingerprint density at radius 2 is 2.03 bits per heavy atom. The predicted molar refractivity (Wildman–Crippen MR) is 131 cm³/mol. The van der Waals surface area contributed by atoms with Crippen LogP contribution in [0.2, 0.25) is 5.02 Å². The van der Waals surface area contributed by atoms with Crippen LogP contribution in [-0.4, -0.2) is 33.2 Å². The molecular weight excluding hydrogens is 471 g/mol. The monoisotopic (exact) mass is 494 g/mol. The van der Waals surface area contributed by atoms with Crippen molar-refractivity contribution in [3.05, 3.63) is 80.9 Å². The Morgan fingerprint density at radius 3 is 2.80 bits per heavy atom. The second-order valence-corrected chi connectivity index (χ2v) is 9.09. The molecule has 1 saturated heterocycles. The molecule has 5 rings (SSSR count). The highest BCUT2D eigenvalue weighted by atomic mass is 35.5. The molecule has 2 atom stereocenters. The molecule has 0 saturated carbocycles. The minimum absolute atomic E-state index is 0.0255. The molecule has 0 N–H and O–H groups in total.